The lowest BCUT2D eigenvalue weighted by atomic mass is 9.93. The third kappa shape index (κ3) is 3.76. The van der Waals surface area contributed by atoms with Crippen LogP contribution in [0.4, 0.5) is 0 Å². The van der Waals surface area contributed by atoms with Gasteiger partial charge in [0, 0.05) is 32.8 Å². The highest BCUT2D eigenvalue weighted by Crippen LogP contribution is 2.22. The summed E-state index contributed by atoms with van der Waals surface area (Å²) in [4.78, 5) is 2.25. The average Bonchev–Trinajstić information content (AvgIpc) is 2.64. The van der Waals surface area contributed by atoms with Crippen LogP contribution in [0.2, 0.25) is 0 Å². The van der Waals surface area contributed by atoms with Crippen LogP contribution in [0.1, 0.15) is 18.9 Å². The molecule has 3 N–H and O–H groups in total. The Morgan fingerprint density at radius 1 is 1.42 bits per heavy atom. The van der Waals surface area contributed by atoms with Gasteiger partial charge in [-0.15, -0.1) is 0 Å². The number of nitrogens with zero attached hydrogens (tertiary/aromatic N) is 1. The number of aliphatic hydroxyl groups is 1. The lowest BCUT2D eigenvalue weighted by Gasteiger charge is -2.33. The predicted molar refractivity (Wildman–Crippen MR) is 75.9 cm³/mol. The van der Waals surface area contributed by atoms with Crippen molar-refractivity contribution in [2.45, 2.75) is 25.0 Å². The van der Waals surface area contributed by atoms with Gasteiger partial charge >= 0.3 is 0 Å². The van der Waals surface area contributed by atoms with E-state index in [-0.39, 0.29) is 12.6 Å². The van der Waals surface area contributed by atoms with Gasteiger partial charge in [0.25, 0.3) is 0 Å². The minimum atomic E-state index is -0.981. The fraction of sp³-hybridized carbons (Fsp3) is 0.600. The molecule has 106 valence electrons. The van der Waals surface area contributed by atoms with Gasteiger partial charge in [-0.25, -0.2) is 0 Å². The van der Waals surface area contributed by atoms with Crippen molar-refractivity contribution in [3.8, 4) is 0 Å². The van der Waals surface area contributed by atoms with Crippen LogP contribution in [0.5, 0.6) is 0 Å². The molecular formula is C15H24N2O2. The van der Waals surface area contributed by atoms with E-state index in [1.807, 2.05) is 30.3 Å². The van der Waals surface area contributed by atoms with Crippen LogP contribution in [0.15, 0.2) is 30.3 Å². The van der Waals surface area contributed by atoms with Gasteiger partial charge in [0.1, 0.15) is 5.60 Å². The number of β-amino-alcohol motifs (C(OH)–C–C–N with tert-alkyl or cyclic N) is 1. The number of hydrogen-bond donors (Lipinski definition) is 2. The summed E-state index contributed by atoms with van der Waals surface area (Å²) in [5, 5.41) is 10.8. The molecule has 2 rings (SSSR count). The molecule has 0 aliphatic carbocycles. The Hall–Kier alpha value is -0.940. The lowest BCUT2D eigenvalue weighted by Crippen LogP contribution is -2.47. The molecule has 0 saturated carbocycles. The van der Waals surface area contributed by atoms with E-state index in [4.69, 9.17) is 10.5 Å². The maximum absolute atomic E-state index is 10.8. The first-order chi connectivity index (χ1) is 9.14. The third-order valence-electron chi connectivity index (χ3n) is 3.67. The second kappa shape index (κ2) is 6.48. The second-order valence-corrected chi connectivity index (χ2v) is 5.37. The monoisotopic (exact) mass is 264 g/mol. The molecule has 1 aliphatic heterocycles. The van der Waals surface area contributed by atoms with Crippen molar-refractivity contribution in [1.82, 2.24) is 4.90 Å². The van der Waals surface area contributed by atoms with Crippen molar-refractivity contribution in [2.75, 3.05) is 32.8 Å². The van der Waals surface area contributed by atoms with Crippen LogP contribution < -0.4 is 5.73 Å². The second-order valence-electron chi connectivity index (χ2n) is 5.37. The molecule has 1 heterocycles. The fourth-order valence-electron chi connectivity index (χ4n) is 2.62. The average molecular weight is 264 g/mol. The molecule has 1 aliphatic rings. The van der Waals surface area contributed by atoms with Crippen LogP contribution in [0.3, 0.4) is 0 Å². The molecular weight excluding hydrogens is 240 g/mol. The first-order valence-electron chi connectivity index (χ1n) is 6.96. The smallest absolute Gasteiger partial charge is 0.114 e. The number of hydrogen-bond acceptors (Lipinski definition) is 4. The lowest BCUT2D eigenvalue weighted by molar-refractivity contribution is -0.00138. The topological polar surface area (TPSA) is 58.7 Å². The van der Waals surface area contributed by atoms with Crippen LogP contribution in [-0.2, 0) is 10.3 Å². The summed E-state index contributed by atoms with van der Waals surface area (Å²) < 4.78 is 5.63. The van der Waals surface area contributed by atoms with Gasteiger partial charge in [-0.1, -0.05) is 30.3 Å². The predicted octanol–water partition coefficient (Wildman–Crippen LogP) is 0.944. The van der Waals surface area contributed by atoms with Gasteiger partial charge in [-0.3, -0.25) is 4.90 Å². The quantitative estimate of drug-likeness (QED) is 0.850. The molecule has 1 fully saturated rings. The molecule has 1 aromatic rings. The Balaban J connectivity index is 2.09. The minimum Gasteiger partial charge on any atom is -0.382 e. The normalized spacial score (nSPS) is 24.7. The Morgan fingerprint density at radius 3 is 2.84 bits per heavy atom. The number of benzene rings is 1. The van der Waals surface area contributed by atoms with Gasteiger partial charge in [0.2, 0.25) is 0 Å². The summed E-state index contributed by atoms with van der Waals surface area (Å²) >= 11 is 0. The molecule has 1 saturated heterocycles. The highest BCUT2D eigenvalue weighted by molar-refractivity contribution is 5.23. The summed E-state index contributed by atoms with van der Waals surface area (Å²) in [7, 11) is 0. The van der Waals surface area contributed by atoms with E-state index in [9.17, 15) is 5.11 Å². The van der Waals surface area contributed by atoms with Gasteiger partial charge in [0.15, 0.2) is 0 Å². The van der Waals surface area contributed by atoms with Gasteiger partial charge in [0.05, 0.1) is 6.10 Å². The molecule has 2 atom stereocenters. The zero-order chi connectivity index (χ0) is 13.7. The standard InChI is InChI=1S/C15H24N2O2/c1-13-10-17(8-5-9-19-13)12-15(18,11-16)14-6-3-2-4-7-14/h2-4,6-7,13,18H,5,8-12,16H2,1H3. The number of nitrogens with two attached hydrogens (primary N) is 1. The molecule has 4 heteroatoms. The van der Waals surface area contributed by atoms with Gasteiger partial charge < -0.3 is 15.6 Å². The van der Waals surface area contributed by atoms with Crippen molar-refractivity contribution in [2.24, 2.45) is 5.73 Å². The maximum atomic E-state index is 10.8. The SMILES string of the molecule is CC1CN(CC(O)(CN)c2ccccc2)CCCO1. The molecule has 0 spiro atoms. The Bertz CT molecular complexity index is 385. The van der Waals surface area contributed by atoms with E-state index in [1.54, 1.807) is 0 Å². The largest absolute Gasteiger partial charge is 0.382 e. The van der Waals surface area contributed by atoms with E-state index in [2.05, 4.69) is 11.8 Å². The van der Waals surface area contributed by atoms with Crippen molar-refractivity contribution in [3.05, 3.63) is 35.9 Å². The van der Waals surface area contributed by atoms with E-state index in [1.165, 1.54) is 0 Å². The molecule has 4 nitrogen and oxygen atoms in total. The Labute approximate surface area is 115 Å². The van der Waals surface area contributed by atoms with E-state index in [0.717, 1.165) is 31.7 Å². The van der Waals surface area contributed by atoms with E-state index in [0.29, 0.717) is 6.54 Å². The summed E-state index contributed by atoms with van der Waals surface area (Å²) in [5.41, 5.74) is 5.73. The zero-order valence-corrected chi connectivity index (χ0v) is 11.6. The molecule has 0 bridgehead atoms. The fourth-order valence-corrected chi connectivity index (χ4v) is 2.62. The van der Waals surface area contributed by atoms with Crippen LogP contribution >= 0.6 is 0 Å². The Morgan fingerprint density at radius 2 is 2.16 bits per heavy atom. The molecule has 0 aromatic heterocycles. The van der Waals surface area contributed by atoms with Crippen molar-refractivity contribution < 1.29 is 9.84 Å². The van der Waals surface area contributed by atoms with Crippen molar-refractivity contribution in [1.29, 1.82) is 0 Å². The molecule has 2 unspecified atom stereocenters. The Kier molecular flexibility index (Phi) is 4.93. The van der Waals surface area contributed by atoms with Gasteiger partial charge in [-0.2, -0.15) is 0 Å². The molecule has 19 heavy (non-hydrogen) atoms. The van der Waals surface area contributed by atoms with Crippen LogP contribution in [0.25, 0.3) is 0 Å². The van der Waals surface area contributed by atoms with E-state index >= 15 is 0 Å². The molecule has 1 aromatic carbocycles. The highest BCUT2D eigenvalue weighted by Gasteiger charge is 2.31. The van der Waals surface area contributed by atoms with Crippen LogP contribution in [-0.4, -0.2) is 48.9 Å². The summed E-state index contributed by atoms with van der Waals surface area (Å²) in [6, 6.07) is 9.69. The summed E-state index contributed by atoms with van der Waals surface area (Å²) in [6.45, 7) is 5.44. The maximum Gasteiger partial charge on any atom is 0.114 e. The van der Waals surface area contributed by atoms with E-state index < -0.39 is 5.60 Å². The number of rotatable bonds is 4. The third-order valence-corrected chi connectivity index (χ3v) is 3.67. The minimum absolute atomic E-state index is 0.209. The highest BCUT2D eigenvalue weighted by atomic mass is 16.5. The van der Waals surface area contributed by atoms with Crippen molar-refractivity contribution >= 4 is 0 Å². The van der Waals surface area contributed by atoms with Crippen molar-refractivity contribution in [3.63, 3.8) is 0 Å². The number of ether oxygens (including phenoxy) is 1. The summed E-state index contributed by atoms with van der Waals surface area (Å²) in [6.07, 6.45) is 1.21. The molecule has 0 radical (unpaired) electrons. The molecule has 0 amide bonds. The summed E-state index contributed by atoms with van der Waals surface area (Å²) in [5.74, 6) is 0. The first-order valence-corrected chi connectivity index (χ1v) is 6.96. The van der Waals surface area contributed by atoms with Gasteiger partial charge in [-0.05, 0) is 18.9 Å². The zero-order valence-electron chi connectivity index (χ0n) is 11.6. The first kappa shape index (κ1) is 14.5. The van der Waals surface area contributed by atoms with Crippen LogP contribution in [0, 0.1) is 0 Å².